The molecule has 0 amide bonds. The Morgan fingerprint density at radius 2 is 1.25 bits per heavy atom. The van der Waals surface area contributed by atoms with Crippen molar-refractivity contribution in [2.45, 2.75) is 117 Å². The van der Waals surface area contributed by atoms with E-state index in [0.717, 1.165) is 108 Å². The monoisotopic (exact) mass is 770 g/mol. The molecule has 2 N–H and O–H groups in total. The molecule has 12 heteroatoms. The Bertz CT molecular complexity index is 2060. The van der Waals surface area contributed by atoms with Crippen LogP contribution >= 0.6 is 0 Å². The number of allylic oxidation sites excluding steroid dienone is 1. The maximum Gasteiger partial charge on any atom is 0.339 e. The molecule has 0 aliphatic carbocycles. The van der Waals surface area contributed by atoms with E-state index in [9.17, 15) is 19.8 Å². The minimum Gasteiger partial charge on any atom is -0.493 e. The summed E-state index contributed by atoms with van der Waals surface area (Å²) in [5.74, 6) is -0.233. The fourth-order valence-electron chi connectivity index (χ4n) is 7.24. The van der Waals surface area contributed by atoms with E-state index in [2.05, 4.69) is 29.3 Å². The summed E-state index contributed by atoms with van der Waals surface area (Å²) in [6, 6.07) is 12.1. The Morgan fingerprint density at radius 3 is 1.70 bits per heavy atom. The smallest absolute Gasteiger partial charge is 0.339 e. The maximum atomic E-state index is 12.1. The summed E-state index contributed by atoms with van der Waals surface area (Å²) in [7, 11) is 3.55. The third-order valence-corrected chi connectivity index (χ3v) is 9.38. The van der Waals surface area contributed by atoms with Crippen molar-refractivity contribution >= 4 is 18.0 Å². The lowest BCUT2D eigenvalue weighted by atomic mass is 9.94. The van der Waals surface area contributed by atoms with Crippen LogP contribution < -0.4 is 9.47 Å². The van der Waals surface area contributed by atoms with E-state index in [0.29, 0.717) is 11.4 Å². The van der Waals surface area contributed by atoms with Crippen LogP contribution in [0, 0.1) is 0 Å². The van der Waals surface area contributed by atoms with E-state index < -0.39 is 35.3 Å². The molecule has 2 atom stereocenters. The molecule has 2 aromatic heterocycles. The predicted octanol–water partition coefficient (Wildman–Crippen LogP) is 8.69. The SMILES string of the molecule is C/C=C/c1nn(C)c(C(OC(C)(C)C)C(=O)O)c1-c1ccc2c(c1)CCCO2.CCCc1nn(C)c(C(OC(C)(C)C)C(=O)O)c1-c1ccc2c(c1)CCCO2. The van der Waals surface area contributed by atoms with Gasteiger partial charge in [0.15, 0.2) is 12.2 Å². The third-order valence-electron chi connectivity index (χ3n) is 9.38. The molecule has 0 spiro atoms. The van der Waals surface area contributed by atoms with Crippen LogP contribution in [0.3, 0.4) is 0 Å². The molecule has 6 rings (SSSR count). The average molecular weight is 771 g/mol. The lowest BCUT2D eigenvalue weighted by Crippen LogP contribution is -2.29. The lowest BCUT2D eigenvalue weighted by molar-refractivity contribution is -0.161. The second-order valence-corrected chi connectivity index (χ2v) is 16.3. The van der Waals surface area contributed by atoms with Gasteiger partial charge in [0, 0.05) is 25.2 Å². The molecular weight excluding hydrogens is 713 g/mol. The number of carboxylic acids is 2. The highest BCUT2D eigenvalue weighted by Gasteiger charge is 2.35. The number of benzene rings is 2. The number of aliphatic carboxylic acids is 2. The highest BCUT2D eigenvalue weighted by Crippen LogP contribution is 2.40. The topological polar surface area (TPSA) is 147 Å². The summed E-state index contributed by atoms with van der Waals surface area (Å²) in [4.78, 5) is 24.2. The number of aryl methyl sites for hydroxylation is 5. The van der Waals surface area contributed by atoms with Gasteiger partial charge in [-0.2, -0.15) is 10.2 Å². The molecule has 0 saturated heterocycles. The van der Waals surface area contributed by atoms with Gasteiger partial charge in [0.25, 0.3) is 0 Å². The zero-order valence-corrected chi connectivity index (χ0v) is 34.6. The van der Waals surface area contributed by atoms with E-state index in [4.69, 9.17) is 18.9 Å². The Morgan fingerprint density at radius 1 is 0.786 bits per heavy atom. The van der Waals surface area contributed by atoms with E-state index >= 15 is 0 Å². The Kier molecular flexibility index (Phi) is 13.2. The zero-order valence-electron chi connectivity index (χ0n) is 34.6. The summed E-state index contributed by atoms with van der Waals surface area (Å²) >= 11 is 0. The van der Waals surface area contributed by atoms with Crippen molar-refractivity contribution in [3.05, 3.63) is 76.4 Å². The second kappa shape index (κ2) is 17.5. The van der Waals surface area contributed by atoms with Gasteiger partial charge >= 0.3 is 11.9 Å². The molecule has 2 aromatic carbocycles. The van der Waals surface area contributed by atoms with Gasteiger partial charge in [-0.3, -0.25) is 9.36 Å². The van der Waals surface area contributed by atoms with Crippen LogP contribution in [0.25, 0.3) is 28.3 Å². The van der Waals surface area contributed by atoms with Crippen LogP contribution in [-0.4, -0.2) is 66.1 Å². The van der Waals surface area contributed by atoms with Gasteiger partial charge in [0.2, 0.25) is 0 Å². The first kappa shape index (κ1) is 42.2. The molecule has 2 aliphatic heterocycles. The molecule has 0 bridgehead atoms. The largest absolute Gasteiger partial charge is 0.493 e. The Labute approximate surface area is 330 Å². The molecule has 0 radical (unpaired) electrons. The molecular formula is C44H58N4O8. The zero-order chi connectivity index (χ0) is 40.9. The highest BCUT2D eigenvalue weighted by atomic mass is 16.5. The summed E-state index contributed by atoms with van der Waals surface area (Å²) in [5, 5.41) is 29.1. The quantitative estimate of drug-likeness (QED) is 0.152. The first-order valence-corrected chi connectivity index (χ1v) is 19.5. The van der Waals surface area contributed by atoms with Crippen molar-refractivity contribution in [2.75, 3.05) is 13.2 Å². The molecule has 12 nitrogen and oxygen atoms in total. The average Bonchev–Trinajstić information content (AvgIpc) is 3.63. The molecule has 56 heavy (non-hydrogen) atoms. The molecule has 0 fully saturated rings. The number of rotatable bonds is 11. The minimum atomic E-state index is -1.13. The third kappa shape index (κ3) is 9.89. The van der Waals surface area contributed by atoms with Crippen molar-refractivity contribution < 1.29 is 38.7 Å². The maximum absolute atomic E-state index is 12.1. The second-order valence-electron chi connectivity index (χ2n) is 16.3. The van der Waals surface area contributed by atoms with E-state index in [1.807, 2.05) is 84.9 Å². The van der Waals surface area contributed by atoms with Gasteiger partial charge < -0.3 is 29.2 Å². The van der Waals surface area contributed by atoms with Gasteiger partial charge in [-0.25, -0.2) is 9.59 Å². The van der Waals surface area contributed by atoms with Crippen molar-refractivity contribution in [1.82, 2.24) is 19.6 Å². The van der Waals surface area contributed by atoms with Crippen molar-refractivity contribution in [3.63, 3.8) is 0 Å². The standard InChI is InChI=1S/C22H30N2O4.C22H28N2O4/c2*1-6-8-16-18(15-10-11-17-14(13-15)9-7-12-27-17)19(24(5)23-16)20(21(25)26)28-22(2,3)4/h10-11,13,20H,6-9,12H2,1-5H3,(H,25,26);6,8,10-11,13,20H,7,9,12H2,1-5H3,(H,25,26)/b;8-6+. The molecule has 4 heterocycles. The van der Waals surface area contributed by atoms with Crippen LogP contribution in [0.4, 0.5) is 0 Å². The minimum absolute atomic E-state index is 0.534. The molecule has 2 aliphatic rings. The van der Waals surface area contributed by atoms with Crippen LogP contribution in [0.5, 0.6) is 11.5 Å². The van der Waals surface area contributed by atoms with E-state index in [1.54, 1.807) is 23.5 Å². The van der Waals surface area contributed by atoms with Crippen molar-refractivity contribution in [3.8, 4) is 33.8 Å². The number of fused-ring (bicyclic) bond motifs is 2. The highest BCUT2D eigenvalue weighted by molar-refractivity contribution is 5.83. The van der Waals surface area contributed by atoms with Gasteiger partial charge in [-0.1, -0.05) is 31.6 Å². The van der Waals surface area contributed by atoms with Gasteiger partial charge in [-0.05, 0) is 133 Å². The fourth-order valence-corrected chi connectivity index (χ4v) is 7.24. The van der Waals surface area contributed by atoms with Crippen LogP contribution in [0.15, 0.2) is 42.5 Å². The molecule has 2 unspecified atom stereocenters. The number of carboxylic acid groups (broad SMARTS) is 2. The number of ether oxygens (including phenoxy) is 4. The lowest BCUT2D eigenvalue weighted by Gasteiger charge is -2.26. The summed E-state index contributed by atoms with van der Waals surface area (Å²) < 4.78 is 26.6. The number of aromatic nitrogens is 4. The fraction of sp³-hybridized carbons (Fsp3) is 0.500. The van der Waals surface area contributed by atoms with Gasteiger partial charge in [0.1, 0.15) is 11.5 Å². The Hall–Kier alpha value is -4.94. The first-order valence-electron chi connectivity index (χ1n) is 19.5. The van der Waals surface area contributed by atoms with E-state index in [-0.39, 0.29) is 0 Å². The normalized spacial score (nSPS) is 15.2. The van der Waals surface area contributed by atoms with Gasteiger partial charge in [-0.15, -0.1) is 0 Å². The number of hydrogen-bond acceptors (Lipinski definition) is 8. The van der Waals surface area contributed by atoms with Crippen LogP contribution in [0.2, 0.25) is 0 Å². The number of hydrogen-bond donors (Lipinski definition) is 2. The van der Waals surface area contributed by atoms with Crippen LogP contribution in [0.1, 0.15) is 121 Å². The number of nitrogens with zero attached hydrogens (tertiary/aromatic N) is 4. The summed E-state index contributed by atoms with van der Waals surface area (Å²) in [5.41, 5.74) is 7.37. The summed E-state index contributed by atoms with van der Waals surface area (Å²) in [6.07, 6.45) is 7.15. The number of carbonyl (C=O) groups is 2. The van der Waals surface area contributed by atoms with Crippen molar-refractivity contribution in [2.24, 2.45) is 14.1 Å². The van der Waals surface area contributed by atoms with Crippen molar-refractivity contribution in [1.29, 1.82) is 0 Å². The molecule has 0 saturated carbocycles. The molecule has 4 aromatic rings. The predicted molar refractivity (Wildman–Crippen MR) is 216 cm³/mol. The first-order chi connectivity index (χ1) is 26.4. The van der Waals surface area contributed by atoms with E-state index in [1.165, 1.54) is 0 Å². The van der Waals surface area contributed by atoms with Gasteiger partial charge in [0.05, 0.1) is 47.2 Å². The molecule has 302 valence electrons. The summed E-state index contributed by atoms with van der Waals surface area (Å²) in [6.45, 7) is 16.6. The Balaban J connectivity index is 0.000000214. The van der Waals surface area contributed by atoms with Crippen LogP contribution in [-0.2, 0) is 52.4 Å².